The minimum Gasteiger partial charge on any atom is -0.379 e. The summed E-state index contributed by atoms with van der Waals surface area (Å²) in [5, 5.41) is 10.7. The van der Waals surface area contributed by atoms with Crippen LogP contribution in [-0.4, -0.2) is 60.3 Å². The number of hydrogen-bond acceptors (Lipinski definition) is 8. The average molecular weight is 462 g/mol. The van der Waals surface area contributed by atoms with Crippen LogP contribution >= 0.6 is 24.2 Å². The summed E-state index contributed by atoms with van der Waals surface area (Å²) < 4.78 is 50.1. The zero-order valence-electron chi connectivity index (χ0n) is 15.0. The molecule has 0 aromatic rings. The molecule has 0 aliphatic carbocycles. The molecule has 0 saturated carbocycles. The van der Waals surface area contributed by atoms with E-state index in [9.17, 15) is 21.6 Å². The molecule has 0 radical (unpaired) electrons. The van der Waals surface area contributed by atoms with Crippen LogP contribution in [0.15, 0.2) is 20.1 Å². The van der Waals surface area contributed by atoms with Gasteiger partial charge in [-0.15, -0.1) is 12.4 Å². The lowest BCUT2D eigenvalue weighted by molar-refractivity contribution is -0.122. The predicted molar refractivity (Wildman–Crippen MR) is 107 cm³/mol. The maximum absolute atomic E-state index is 12.2. The average Bonchev–Trinajstić information content (AvgIpc) is 3.04. The van der Waals surface area contributed by atoms with E-state index in [2.05, 4.69) is 10.6 Å². The highest BCUT2D eigenvalue weighted by Crippen LogP contribution is 2.54. The van der Waals surface area contributed by atoms with Gasteiger partial charge in [0.15, 0.2) is 4.24 Å². The van der Waals surface area contributed by atoms with Crippen molar-refractivity contribution in [3.63, 3.8) is 0 Å². The van der Waals surface area contributed by atoms with Crippen LogP contribution in [0.5, 0.6) is 0 Å². The van der Waals surface area contributed by atoms with Crippen molar-refractivity contribution < 1.29 is 26.4 Å². The van der Waals surface area contributed by atoms with Crippen molar-refractivity contribution in [1.82, 2.24) is 10.6 Å². The second kappa shape index (κ2) is 9.25. The number of carbonyl (C=O) groups excluding carboxylic acids is 1. The quantitative estimate of drug-likeness (QED) is 0.524. The van der Waals surface area contributed by atoms with Gasteiger partial charge in [0.05, 0.1) is 13.2 Å². The van der Waals surface area contributed by atoms with Gasteiger partial charge < -0.3 is 15.4 Å². The van der Waals surface area contributed by atoms with E-state index >= 15 is 0 Å². The van der Waals surface area contributed by atoms with Gasteiger partial charge in [-0.25, -0.2) is 22.0 Å². The molecule has 1 atom stereocenters. The number of halogens is 1. The van der Waals surface area contributed by atoms with Gasteiger partial charge in [-0.1, -0.05) is 11.8 Å². The molecule has 156 valence electrons. The molecular weight excluding hydrogens is 438 g/mol. The van der Waals surface area contributed by atoms with Crippen molar-refractivity contribution >= 4 is 49.9 Å². The monoisotopic (exact) mass is 461 g/mol. The normalized spacial score (nSPS) is 26.3. The van der Waals surface area contributed by atoms with Crippen LogP contribution in [0.4, 0.5) is 0 Å². The number of ether oxygens (including phenoxy) is 1. The lowest BCUT2D eigenvalue weighted by Gasteiger charge is -2.22. The van der Waals surface area contributed by atoms with Crippen molar-refractivity contribution in [2.75, 3.05) is 32.8 Å². The number of nitrogens with two attached hydrogens (primary N) is 1. The van der Waals surface area contributed by atoms with Crippen molar-refractivity contribution in [3.05, 3.63) is 20.1 Å². The van der Waals surface area contributed by atoms with Crippen molar-refractivity contribution in [2.45, 2.75) is 25.0 Å². The van der Waals surface area contributed by atoms with E-state index in [1.807, 2.05) is 0 Å². The highest BCUT2D eigenvalue weighted by molar-refractivity contribution is 8.26. The Balaban J connectivity index is 0.000000444. The molecule has 3 aliphatic heterocycles. The highest BCUT2D eigenvalue weighted by Gasteiger charge is 2.50. The van der Waals surface area contributed by atoms with Gasteiger partial charge in [0.2, 0.25) is 25.8 Å². The second-order valence-electron chi connectivity index (χ2n) is 6.06. The van der Waals surface area contributed by atoms with Gasteiger partial charge in [-0.3, -0.25) is 4.79 Å². The Bertz CT molecular complexity index is 838. The Kier molecular flexibility index (Phi) is 8.36. The topological polar surface area (TPSA) is 145 Å². The molecule has 4 N–H and O–H groups in total. The third-order valence-corrected chi connectivity index (χ3v) is 9.42. The van der Waals surface area contributed by atoms with E-state index in [4.69, 9.17) is 9.88 Å². The number of allylic oxidation sites excluding steroid dienone is 2. The molecule has 0 aromatic heterocycles. The van der Waals surface area contributed by atoms with Crippen LogP contribution in [0.2, 0.25) is 0 Å². The molecule has 13 heteroatoms. The molecule has 27 heavy (non-hydrogen) atoms. The molecule has 3 heterocycles. The molecule has 9 nitrogen and oxygen atoms in total. The number of carbonyl (C=O) groups is 1. The Morgan fingerprint density at radius 3 is 2.37 bits per heavy atom. The molecule has 0 bridgehead atoms. The third kappa shape index (κ3) is 5.46. The lowest BCUT2D eigenvalue weighted by Crippen LogP contribution is -2.41. The van der Waals surface area contributed by atoms with Crippen LogP contribution < -0.4 is 15.8 Å². The molecule has 1 saturated heterocycles. The Morgan fingerprint density at radius 1 is 1.41 bits per heavy atom. The van der Waals surface area contributed by atoms with E-state index in [-0.39, 0.29) is 29.0 Å². The molecular formula is C14H24ClN3O6S3. The first-order chi connectivity index (χ1) is 12.0. The largest absolute Gasteiger partial charge is 0.379 e. The van der Waals surface area contributed by atoms with Crippen LogP contribution in [0.3, 0.4) is 0 Å². The first-order valence-electron chi connectivity index (χ1n) is 8.01. The first-order valence-corrected chi connectivity index (χ1v) is 11.9. The second-order valence-corrected chi connectivity index (χ2v) is 11.5. The smallest absolute Gasteiger partial charge is 0.249 e. The number of primary sulfonamides is 1. The number of hydrogen-bond donors (Lipinski definition) is 3. The summed E-state index contributed by atoms with van der Waals surface area (Å²) in [5.41, 5.74) is 0.327. The van der Waals surface area contributed by atoms with E-state index in [0.29, 0.717) is 12.1 Å². The minimum atomic E-state index is -4.30. The molecule has 1 fully saturated rings. The van der Waals surface area contributed by atoms with E-state index in [1.54, 1.807) is 13.8 Å². The van der Waals surface area contributed by atoms with E-state index in [0.717, 1.165) is 44.1 Å². The van der Waals surface area contributed by atoms with Crippen LogP contribution in [0.1, 0.15) is 20.3 Å². The fraction of sp³-hybridized carbons (Fsp3) is 0.643. The Hall–Kier alpha value is -0.630. The molecule has 0 aromatic carbocycles. The zero-order valence-corrected chi connectivity index (χ0v) is 18.2. The number of sulfonamides is 1. The summed E-state index contributed by atoms with van der Waals surface area (Å²) >= 11 is 0.866. The molecule has 3 aliphatic rings. The lowest BCUT2D eigenvalue weighted by atomic mass is 10.0. The zero-order chi connectivity index (χ0) is 19.6. The van der Waals surface area contributed by atoms with Crippen LogP contribution in [0.25, 0.3) is 0 Å². The summed E-state index contributed by atoms with van der Waals surface area (Å²) in [6.07, 6.45) is 1.20. The maximum Gasteiger partial charge on any atom is 0.249 e. The predicted octanol–water partition coefficient (Wildman–Crippen LogP) is -0.184. The maximum atomic E-state index is 12.2. The van der Waals surface area contributed by atoms with Crippen molar-refractivity contribution in [2.24, 2.45) is 5.14 Å². The van der Waals surface area contributed by atoms with Gasteiger partial charge in [0.1, 0.15) is 8.98 Å². The summed E-state index contributed by atoms with van der Waals surface area (Å²) in [6, 6.07) is 0. The Morgan fingerprint density at radius 2 is 2.00 bits per heavy atom. The number of rotatable bonds is 3. The third-order valence-electron chi connectivity index (χ3n) is 3.85. The summed E-state index contributed by atoms with van der Waals surface area (Å²) in [7, 11) is -8.43. The van der Waals surface area contributed by atoms with Gasteiger partial charge in [-0.2, -0.15) is 0 Å². The highest BCUT2D eigenvalue weighted by atomic mass is 35.5. The SMILES string of the molecule is C1COCCN1.CCNC(=O)C1(C)CC2=C(S1)S(=O)(=O)C(S(N)(=O)=O)=C2.Cl. The number of sulfone groups is 1. The van der Waals surface area contributed by atoms with Gasteiger partial charge in [0, 0.05) is 19.6 Å². The van der Waals surface area contributed by atoms with Crippen LogP contribution in [-0.2, 0) is 29.4 Å². The number of nitrogens with one attached hydrogen (secondary N) is 2. The number of morpholine rings is 1. The molecule has 0 spiro atoms. The Labute approximate surface area is 169 Å². The fourth-order valence-corrected chi connectivity index (χ4v) is 7.83. The standard InChI is InChI=1S/C10H14N2O5S3.C4H9NO.ClH/c1-3-12-9(13)10(2)5-6-4-7(20(11,16)17)19(14,15)8(6)18-10;1-3-6-4-2-5-1;/h4H,3,5H2,1-2H3,(H,12,13)(H2,11,16,17);5H,1-4H2;1H. The van der Waals surface area contributed by atoms with Crippen LogP contribution in [0, 0.1) is 0 Å². The fourth-order valence-electron chi connectivity index (χ4n) is 2.62. The number of amides is 1. The van der Waals surface area contributed by atoms with Gasteiger partial charge in [0.25, 0.3) is 0 Å². The first kappa shape index (κ1) is 24.4. The van der Waals surface area contributed by atoms with Gasteiger partial charge >= 0.3 is 0 Å². The van der Waals surface area contributed by atoms with Crippen molar-refractivity contribution in [1.29, 1.82) is 0 Å². The van der Waals surface area contributed by atoms with E-state index < -0.39 is 28.8 Å². The van der Waals surface area contributed by atoms with Gasteiger partial charge in [-0.05, 0) is 31.9 Å². The molecule has 3 rings (SSSR count). The van der Waals surface area contributed by atoms with Crippen molar-refractivity contribution in [3.8, 4) is 0 Å². The summed E-state index contributed by atoms with van der Waals surface area (Å²) in [6.45, 7) is 7.66. The molecule has 1 unspecified atom stereocenters. The molecule has 1 amide bonds. The minimum absolute atomic E-state index is 0. The number of thioether (sulfide) groups is 1. The summed E-state index contributed by atoms with van der Waals surface area (Å²) in [4.78, 5) is 12.0. The summed E-state index contributed by atoms with van der Waals surface area (Å²) in [5.74, 6) is -0.278. The van der Waals surface area contributed by atoms with E-state index in [1.165, 1.54) is 0 Å².